The fraction of sp³-hybridized carbons (Fsp3) is 0.256. The number of hydrogen-bond acceptors (Lipinski definition) is 31. The number of nitrogens with two attached hydrogens (primary N) is 5. The highest BCUT2D eigenvalue weighted by Crippen LogP contribution is 2.27. The summed E-state index contributed by atoms with van der Waals surface area (Å²) < 4.78 is 28.1. The maximum absolute atomic E-state index is 12.3. The molecule has 16 aromatic rings. The van der Waals surface area contributed by atoms with E-state index in [1.54, 1.807) is 37.3 Å². The summed E-state index contributed by atoms with van der Waals surface area (Å²) in [5.41, 5.74) is 39.7. The van der Waals surface area contributed by atoms with Crippen molar-refractivity contribution in [2.24, 2.45) is 10.9 Å². The number of hydrogen-bond donors (Lipinski definition) is 14. The molecule has 17 rings (SSSR count). The quantitative estimate of drug-likeness (QED) is 0.0213. The number of carbonyl (C=O) groups is 1. The van der Waals surface area contributed by atoms with Crippen molar-refractivity contribution in [3.63, 3.8) is 0 Å². The first-order valence-corrected chi connectivity index (χ1v) is 38.5. The van der Waals surface area contributed by atoms with Gasteiger partial charge in [-0.15, -0.1) is 0 Å². The van der Waals surface area contributed by atoms with Crippen LogP contribution in [0.3, 0.4) is 0 Å². The summed E-state index contributed by atoms with van der Waals surface area (Å²) in [6, 6.07) is 47.1. The molecular formula is C82H93N31O7. The topological polar surface area (TPSA) is 560 Å². The monoisotopic (exact) mass is 1620 g/mol. The molecule has 0 fully saturated rings. The summed E-state index contributed by atoms with van der Waals surface area (Å²) in [5, 5.41) is 9.10. The van der Waals surface area contributed by atoms with Gasteiger partial charge in [-0.25, -0.2) is 29.9 Å². The molecule has 1 aliphatic heterocycles. The Labute approximate surface area is 687 Å². The van der Waals surface area contributed by atoms with Crippen molar-refractivity contribution >= 4 is 121 Å². The van der Waals surface area contributed by atoms with Crippen LogP contribution >= 0.6 is 0 Å². The van der Waals surface area contributed by atoms with E-state index in [0.29, 0.717) is 143 Å². The summed E-state index contributed by atoms with van der Waals surface area (Å²) in [7, 11) is 0. The molecule has 0 spiro atoms. The number of ether oxygens (including phenoxy) is 5. The lowest BCUT2D eigenvalue weighted by molar-refractivity contribution is 0.0692. The number of unbranched alkanes of at least 4 members (excludes halogenated alkanes) is 1. The molecule has 5 aromatic carbocycles. The predicted molar refractivity (Wildman–Crippen MR) is 461 cm³/mol. The maximum Gasteiger partial charge on any atom is 0.258 e. The molecule has 38 nitrogen and oxygen atoms in total. The highest BCUT2D eigenvalue weighted by atomic mass is 16.5. The number of nitrogen functional groups attached to an aromatic ring is 5. The van der Waals surface area contributed by atoms with Crippen LogP contribution in [0.4, 0.5) is 53.1 Å². The summed E-state index contributed by atoms with van der Waals surface area (Å²) in [5.74, 6) is 5.02. The van der Waals surface area contributed by atoms with E-state index < -0.39 is 0 Å². The second-order valence-corrected chi connectivity index (χ2v) is 27.7. The van der Waals surface area contributed by atoms with Crippen LogP contribution in [0.2, 0.25) is 0 Å². The molecule has 11 aromatic heterocycles. The van der Waals surface area contributed by atoms with Crippen molar-refractivity contribution in [2.75, 3.05) is 84.2 Å². The van der Waals surface area contributed by atoms with Crippen LogP contribution in [0.25, 0.3) is 55.8 Å². The molecule has 0 saturated carbocycles. The van der Waals surface area contributed by atoms with Crippen LogP contribution in [-0.2, 0) is 36.1 Å². The molecule has 120 heavy (non-hydrogen) atoms. The number of aromatic nitrogens is 22. The van der Waals surface area contributed by atoms with Crippen molar-refractivity contribution in [2.45, 2.75) is 91.7 Å². The Bertz CT molecular complexity index is 5880. The van der Waals surface area contributed by atoms with E-state index in [1.807, 2.05) is 121 Å². The molecule has 0 bridgehead atoms. The number of imidazole rings is 5. The average molecular weight is 1620 g/mol. The van der Waals surface area contributed by atoms with Gasteiger partial charge in [-0.1, -0.05) is 175 Å². The second kappa shape index (κ2) is 41.8. The number of nitrogens with zero attached hydrogens (tertiary/aromatic N) is 17. The van der Waals surface area contributed by atoms with Gasteiger partial charge in [-0.2, -0.15) is 54.8 Å². The van der Waals surface area contributed by atoms with Crippen LogP contribution in [0.5, 0.6) is 23.4 Å². The van der Waals surface area contributed by atoms with Gasteiger partial charge >= 0.3 is 0 Å². The molecule has 19 N–H and O–H groups in total. The summed E-state index contributed by atoms with van der Waals surface area (Å²) in [6.45, 7) is 15.1. The number of fused-ring (bicyclic) bond motifs is 6. The van der Waals surface area contributed by atoms with Crippen molar-refractivity contribution in [3.8, 4) is 23.4 Å². The number of aromatic amines is 6. The summed E-state index contributed by atoms with van der Waals surface area (Å²) in [4.78, 5) is 111. The van der Waals surface area contributed by atoms with Crippen LogP contribution in [0.1, 0.15) is 98.5 Å². The lowest BCUT2D eigenvalue weighted by Gasteiger charge is -2.19. The van der Waals surface area contributed by atoms with Gasteiger partial charge < -0.3 is 87.9 Å². The zero-order chi connectivity index (χ0) is 84.0. The first kappa shape index (κ1) is 84.0. The molecule has 0 aliphatic carbocycles. The molecule has 1 amide bonds. The minimum absolute atomic E-state index is 0.0276. The second-order valence-electron chi connectivity index (χ2n) is 27.7. The number of nitrogens with one attached hydrogen (secondary N) is 9. The number of para-hydroxylation sites is 1. The van der Waals surface area contributed by atoms with Gasteiger partial charge in [0.15, 0.2) is 45.7 Å². The Hall–Kier alpha value is -15.4. The maximum atomic E-state index is 12.3. The average Bonchev–Trinajstić information content (AvgIpc) is 1.73. The third-order valence-corrected chi connectivity index (χ3v) is 17.9. The Morgan fingerprint density at radius 3 is 1.45 bits per heavy atom. The largest absolute Gasteiger partial charge is 0.490 e. The number of anilines is 8. The van der Waals surface area contributed by atoms with E-state index in [1.165, 1.54) is 43.0 Å². The van der Waals surface area contributed by atoms with Crippen molar-refractivity contribution < 1.29 is 28.5 Å². The molecule has 1 unspecified atom stereocenters. The Kier molecular flexibility index (Phi) is 29.3. The smallest absolute Gasteiger partial charge is 0.258 e. The van der Waals surface area contributed by atoms with Gasteiger partial charge in [0.25, 0.3) is 11.5 Å². The lowest BCUT2D eigenvalue weighted by atomic mass is 9.87. The molecule has 0 saturated heterocycles. The Morgan fingerprint density at radius 2 is 0.942 bits per heavy atom. The van der Waals surface area contributed by atoms with E-state index >= 15 is 0 Å². The third kappa shape index (κ3) is 24.1. The zero-order valence-corrected chi connectivity index (χ0v) is 66.6. The summed E-state index contributed by atoms with van der Waals surface area (Å²) in [6.07, 6.45) is 15.6. The van der Waals surface area contributed by atoms with Crippen LogP contribution in [0.15, 0.2) is 187 Å². The van der Waals surface area contributed by atoms with Crippen molar-refractivity contribution in [3.05, 3.63) is 221 Å². The third-order valence-electron chi connectivity index (χ3n) is 17.9. The van der Waals surface area contributed by atoms with Crippen LogP contribution in [0, 0.1) is 5.92 Å². The number of H-pyrrole nitrogens is 6. The molecular weight excluding hydrogens is 1530 g/mol. The first-order valence-electron chi connectivity index (χ1n) is 38.5. The van der Waals surface area contributed by atoms with E-state index in [-0.39, 0.29) is 52.6 Å². The molecule has 0 radical (unpaired) electrons. The number of rotatable bonds is 27. The molecule has 12 heterocycles. The van der Waals surface area contributed by atoms with Crippen molar-refractivity contribution in [1.82, 2.24) is 110 Å². The highest BCUT2D eigenvalue weighted by molar-refractivity contribution is 6.03. The Morgan fingerprint density at radius 1 is 0.492 bits per heavy atom. The molecule has 38 heteroatoms. The van der Waals surface area contributed by atoms with Gasteiger partial charge in [0.1, 0.15) is 59.8 Å². The van der Waals surface area contributed by atoms with Crippen LogP contribution < -0.4 is 69.1 Å². The van der Waals surface area contributed by atoms with E-state index in [0.717, 1.165) is 53.9 Å². The minimum Gasteiger partial charge on any atom is -0.490 e. The molecule has 618 valence electrons. The number of aliphatic imine (C=N–C) groups is 1. The first-order chi connectivity index (χ1) is 58.4. The normalized spacial score (nSPS) is 11.5. The van der Waals surface area contributed by atoms with Crippen LogP contribution in [-0.4, -0.2) is 161 Å². The van der Waals surface area contributed by atoms with Gasteiger partial charge in [0.2, 0.25) is 53.3 Å². The Balaban J connectivity index is 0.000000132. The van der Waals surface area contributed by atoms with E-state index in [2.05, 4.69) is 177 Å². The van der Waals surface area contributed by atoms with Gasteiger partial charge in [-0.05, 0) is 70.7 Å². The van der Waals surface area contributed by atoms with Gasteiger partial charge in [-0.3, -0.25) is 19.9 Å². The predicted octanol–water partition coefficient (Wildman–Crippen LogP) is 11.2. The number of carbonyl (C=O) groups excluding carboxylic acids is 1. The lowest BCUT2D eigenvalue weighted by Crippen LogP contribution is -2.20. The molecule has 1 atom stereocenters. The fourth-order valence-corrected chi connectivity index (χ4v) is 11.7. The molecule has 1 aliphatic rings. The highest BCUT2D eigenvalue weighted by Gasteiger charge is 2.20. The van der Waals surface area contributed by atoms with E-state index in [4.69, 9.17) is 52.4 Å². The summed E-state index contributed by atoms with van der Waals surface area (Å²) >= 11 is 0. The van der Waals surface area contributed by atoms with Gasteiger partial charge in [0.05, 0.1) is 43.8 Å². The zero-order valence-electron chi connectivity index (χ0n) is 66.6. The standard InChI is InChI=1S/C17H18N4O2.C15H25N5O2.C13H14N6.C13H13N5O2.C12H12N6.C12H11N5O/c1-17(2,3)11-6-4-10(5-7-11)14(22)20-16-19-13-12(8-9-18-13)15(23)21-16;1-3-5-6-11(4-2)9-21-7-8-22-14-12-13(18-10-17-12)19-15(16)20-14;14-13-18-11(10-12(19-13)17-8-16-10)15-7-6-9-4-2-1-3-5-9;14-13-17-11-10(15-8-16-11)12(18-13)20-7-6-19-9-4-2-1-3-5-9;13-12-17-10(9-11(18-12)16-7-15-9)14-6-8-4-2-1-3-5-8;13-12-16-10-9(14-7-15-10)11(17-12)18-6-8-4-2-1-3-5-8/h4-7,9H,8H2,1-3H3,(H2,19,20,21,22,23);10-11H,3-9H2,1-2H3,(H3,16,17,18,19,20);1-5,8H,6-7H2,(H4,14,15,16,17,18,19);1-5,8H,6-7H2,(H3,14,15,16,17,18);1-5,7H,6H2,(H4,13,14,15,16,17,18);1-5,7H,6H2,(H3,13,14,15,16,17). The number of benzene rings is 5. The SMILES string of the molecule is CC(C)(C)c1ccc(C(=O)Nc2nc3c(c(=O)[nH]2)CC=N3)cc1.CCCCC(CC)COCCOc1nc(N)nc2nc[nH]c12.Nc1nc(NCCc2ccccc2)c2[nH]cnc2n1.Nc1nc(NCc2ccccc2)c2[nH]cnc2n1.Nc1nc(OCCOc2ccccc2)c2[nH]cnc2n1.Nc1nc(OCc2ccccc2)c2[nH]cnc2n1. The fourth-order valence-electron chi connectivity index (χ4n) is 11.7. The number of amides is 1. The van der Waals surface area contributed by atoms with Crippen molar-refractivity contribution in [1.29, 1.82) is 0 Å². The van der Waals surface area contributed by atoms with E-state index in [9.17, 15) is 9.59 Å². The van der Waals surface area contributed by atoms with Gasteiger partial charge in [0, 0.05) is 37.9 Å². The minimum atomic E-state index is -0.324.